The van der Waals surface area contributed by atoms with Gasteiger partial charge in [-0.2, -0.15) is 0 Å². The van der Waals surface area contributed by atoms with Gasteiger partial charge in [0.15, 0.2) is 0 Å². The van der Waals surface area contributed by atoms with Gasteiger partial charge < -0.3 is 10.2 Å². The zero-order valence-electron chi connectivity index (χ0n) is 14.8. The molecule has 2 rings (SSSR count). The van der Waals surface area contributed by atoms with Crippen LogP contribution in [0.5, 0.6) is 0 Å². The molecule has 136 valence electrons. The van der Waals surface area contributed by atoms with Gasteiger partial charge in [0, 0.05) is 42.9 Å². The van der Waals surface area contributed by atoms with E-state index in [0.717, 1.165) is 5.69 Å². The number of para-hydroxylation sites is 1. The van der Waals surface area contributed by atoms with E-state index in [0.29, 0.717) is 17.7 Å². The van der Waals surface area contributed by atoms with Crippen LogP contribution in [0.25, 0.3) is 0 Å². The number of nitrogens with zero attached hydrogens (tertiary/aromatic N) is 2. The van der Waals surface area contributed by atoms with Gasteiger partial charge in [0.2, 0.25) is 11.8 Å². The Kier molecular flexibility index (Phi) is 6.43. The molecule has 1 N–H and O–H groups in total. The number of nitro groups is 1. The van der Waals surface area contributed by atoms with E-state index in [-0.39, 0.29) is 30.3 Å². The number of amides is 2. The first-order valence-corrected chi connectivity index (χ1v) is 8.25. The van der Waals surface area contributed by atoms with Crippen LogP contribution < -0.4 is 10.2 Å². The van der Waals surface area contributed by atoms with Crippen molar-refractivity contribution in [1.29, 1.82) is 0 Å². The van der Waals surface area contributed by atoms with E-state index in [4.69, 9.17) is 0 Å². The quantitative estimate of drug-likeness (QED) is 0.606. The van der Waals surface area contributed by atoms with Crippen molar-refractivity contribution < 1.29 is 14.5 Å². The lowest BCUT2D eigenvalue weighted by Gasteiger charge is -2.17. The highest BCUT2D eigenvalue weighted by molar-refractivity contribution is 5.94. The summed E-state index contributed by atoms with van der Waals surface area (Å²) in [6, 6.07) is 13.7. The highest BCUT2D eigenvalue weighted by Crippen LogP contribution is 2.21. The van der Waals surface area contributed by atoms with Crippen molar-refractivity contribution in [2.45, 2.75) is 26.2 Å². The Balaban J connectivity index is 1.81. The molecule has 0 aliphatic rings. The Labute approximate surface area is 151 Å². The summed E-state index contributed by atoms with van der Waals surface area (Å²) in [7, 11) is 1.71. The molecule has 0 aromatic heterocycles. The lowest BCUT2D eigenvalue weighted by Crippen LogP contribution is -2.26. The van der Waals surface area contributed by atoms with E-state index >= 15 is 0 Å². The molecule has 0 fully saturated rings. The van der Waals surface area contributed by atoms with Gasteiger partial charge in [-0.25, -0.2) is 0 Å². The van der Waals surface area contributed by atoms with E-state index in [9.17, 15) is 19.7 Å². The highest BCUT2D eigenvalue weighted by atomic mass is 16.6. The molecule has 0 radical (unpaired) electrons. The SMILES string of the molecule is Cc1cc(NC(=O)CCCC(=O)N(C)c2ccccc2)ccc1[N+](=O)[O-]. The second-order valence-corrected chi connectivity index (χ2v) is 5.95. The summed E-state index contributed by atoms with van der Waals surface area (Å²) in [6.07, 6.45) is 0.885. The van der Waals surface area contributed by atoms with Crippen LogP contribution >= 0.6 is 0 Å². The van der Waals surface area contributed by atoms with Crippen molar-refractivity contribution >= 4 is 28.9 Å². The summed E-state index contributed by atoms with van der Waals surface area (Å²) >= 11 is 0. The van der Waals surface area contributed by atoms with Gasteiger partial charge in [0.1, 0.15) is 0 Å². The van der Waals surface area contributed by atoms with Gasteiger partial charge in [-0.05, 0) is 37.6 Å². The van der Waals surface area contributed by atoms with Gasteiger partial charge in [-0.3, -0.25) is 19.7 Å². The molecule has 2 aromatic rings. The zero-order chi connectivity index (χ0) is 19.1. The molecule has 2 amide bonds. The maximum Gasteiger partial charge on any atom is 0.272 e. The molecule has 0 aliphatic heterocycles. The molecule has 0 atom stereocenters. The van der Waals surface area contributed by atoms with E-state index in [1.165, 1.54) is 12.1 Å². The largest absolute Gasteiger partial charge is 0.326 e. The molecule has 0 saturated heterocycles. The molecular formula is C19H21N3O4. The summed E-state index contributed by atoms with van der Waals surface area (Å²) in [5.41, 5.74) is 1.80. The second-order valence-electron chi connectivity index (χ2n) is 5.95. The first kappa shape index (κ1) is 19.1. The van der Waals surface area contributed by atoms with Crippen molar-refractivity contribution in [3.63, 3.8) is 0 Å². The fourth-order valence-corrected chi connectivity index (χ4v) is 2.53. The van der Waals surface area contributed by atoms with Crippen LogP contribution in [0.3, 0.4) is 0 Å². The van der Waals surface area contributed by atoms with E-state index in [2.05, 4.69) is 5.32 Å². The number of carbonyl (C=O) groups is 2. The van der Waals surface area contributed by atoms with E-state index in [1.54, 1.807) is 24.9 Å². The Morgan fingerprint density at radius 1 is 1.12 bits per heavy atom. The average molecular weight is 355 g/mol. The number of hydrogen-bond acceptors (Lipinski definition) is 4. The molecule has 0 saturated carbocycles. The average Bonchev–Trinajstić information content (AvgIpc) is 2.61. The normalized spacial score (nSPS) is 10.2. The standard InChI is InChI=1S/C19H21N3O4/c1-14-13-15(11-12-17(14)22(25)26)20-18(23)9-6-10-19(24)21(2)16-7-4-3-5-8-16/h3-5,7-8,11-13H,6,9-10H2,1-2H3,(H,20,23). The van der Waals surface area contributed by atoms with Crippen molar-refractivity contribution in [1.82, 2.24) is 0 Å². The van der Waals surface area contributed by atoms with Crippen LogP contribution in [0.1, 0.15) is 24.8 Å². The van der Waals surface area contributed by atoms with Crippen molar-refractivity contribution in [2.75, 3.05) is 17.3 Å². The topological polar surface area (TPSA) is 92.6 Å². The van der Waals surface area contributed by atoms with Crippen LogP contribution in [0.2, 0.25) is 0 Å². The van der Waals surface area contributed by atoms with Crippen LogP contribution in [-0.4, -0.2) is 23.8 Å². The summed E-state index contributed by atoms with van der Waals surface area (Å²) in [6.45, 7) is 1.62. The monoisotopic (exact) mass is 355 g/mol. The number of anilines is 2. The molecular weight excluding hydrogens is 334 g/mol. The minimum absolute atomic E-state index is 0.0116. The van der Waals surface area contributed by atoms with Gasteiger partial charge >= 0.3 is 0 Å². The van der Waals surface area contributed by atoms with Crippen LogP contribution in [0.15, 0.2) is 48.5 Å². The lowest BCUT2D eigenvalue weighted by atomic mass is 10.1. The first-order valence-electron chi connectivity index (χ1n) is 8.25. The number of carbonyl (C=O) groups excluding carboxylic acids is 2. The summed E-state index contributed by atoms with van der Waals surface area (Å²) in [4.78, 5) is 36.1. The molecule has 26 heavy (non-hydrogen) atoms. The number of nitrogens with one attached hydrogen (secondary N) is 1. The third-order valence-corrected chi connectivity index (χ3v) is 3.99. The Bertz CT molecular complexity index is 806. The predicted molar refractivity (Wildman–Crippen MR) is 100 cm³/mol. The molecule has 0 bridgehead atoms. The number of nitro benzene ring substituents is 1. The molecule has 7 heteroatoms. The number of hydrogen-bond donors (Lipinski definition) is 1. The Morgan fingerprint density at radius 3 is 2.42 bits per heavy atom. The molecule has 2 aromatic carbocycles. The highest BCUT2D eigenvalue weighted by Gasteiger charge is 2.13. The molecule has 0 aliphatic carbocycles. The van der Waals surface area contributed by atoms with Gasteiger partial charge in [0.25, 0.3) is 5.69 Å². The minimum atomic E-state index is -0.463. The van der Waals surface area contributed by atoms with Crippen molar-refractivity contribution in [2.24, 2.45) is 0 Å². The number of benzene rings is 2. The van der Waals surface area contributed by atoms with Gasteiger partial charge in [-0.1, -0.05) is 18.2 Å². The molecule has 7 nitrogen and oxygen atoms in total. The fourth-order valence-electron chi connectivity index (χ4n) is 2.53. The third kappa shape index (κ3) is 5.14. The number of rotatable bonds is 7. The van der Waals surface area contributed by atoms with Gasteiger partial charge in [0.05, 0.1) is 4.92 Å². The maximum absolute atomic E-state index is 12.2. The fraction of sp³-hybridized carbons (Fsp3) is 0.263. The van der Waals surface area contributed by atoms with E-state index < -0.39 is 4.92 Å². The smallest absolute Gasteiger partial charge is 0.272 e. The third-order valence-electron chi connectivity index (χ3n) is 3.99. The van der Waals surface area contributed by atoms with E-state index in [1.807, 2.05) is 30.3 Å². The van der Waals surface area contributed by atoms with Crippen LogP contribution in [0.4, 0.5) is 17.1 Å². The Morgan fingerprint density at radius 2 is 1.81 bits per heavy atom. The summed E-state index contributed by atoms with van der Waals surface area (Å²) in [5.74, 6) is -0.288. The molecule has 0 heterocycles. The minimum Gasteiger partial charge on any atom is -0.326 e. The summed E-state index contributed by atoms with van der Waals surface area (Å²) < 4.78 is 0. The first-order chi connectivity index (χ1) is 12.4. The van der Waals surface area contributed by atoms with Crippen molar-refractivity contribution in [3.05, 3.63) is 64.2 Å². The van der Waals surface area contributed by atoms with Gasteiger partial charge in [-0.15, -0.1) is 0 Å². The van der Waals surface area contributed by atoms with Crippen LogP contribution in [0, 0.1) is 17.0 Å². The Hall–Kier alpha value is -3.22. The summed E-state index contributed by atoms with van der Waals surface area (Å²) in [5, 5.41) is 13.5. The molecule has 0 spiro atoms. The molecule has 0 unspecified atom stereocenters. The van der Waals surface area contributed by atoms with Crippen molar-refractivity contribution in [3.8, 4) is 0 Å². The second kappa shape index (κ2) is 8.75. The zero-order valence-corrected chi connectivity index (χ0v) is 14.8. The lowest BCUT2D eigenvalue weighted by molar-refractivity contribution is -0.385. The predicted octanol–water partition coefficient (Wildman–Crippen LogP) is 3.68. The van der Waals surface area contributed by atoms with Crippen LogP contribution in [-0.2, 0) is 9.59 Å². The maximum atomic E-state index is 12.2. The number of aryl methyl sites for hydroxylation is 1.